The predicted molar refractivity (Wildman–Crippen MR) is 68.5 cm³/mol. The van der Waals surface area contributed by atoms with Crippen molar-refractivity contribution in [3.05, 3.63) is 18.3 Å². The molecule has 0 aromatic carbocycles. The minimum atomic E-state index is 0.617. The highest BCUT2D eigenvalue weighted by Gasteiger charge is 2.20. The molecule has 3 heteroatoms. The molecule has 1 aromatic heterocycles. The summed E-state index contributed by atoms with van der Waals surface area (Å²) >= 11 is 0. The second kappa shape index (κ2) is 5.19. The highest BCUT2D eigenvalue weighted by atomic mass is 15.2. The topological polar surface area (TPSA) is 42.2 Å². The van der Waals surface area contributed by atoms with Crippen molar-refractivity contribution in [2.45, 2.75) is 45.1 Å². The zero-order chi connectivity index (χ0) is 11.4. The van der Waals surface area contributed by atoms with Gasteiger partial charge in [0.1, 0.15) is 5.82 Å². The molecule has 0 aliphatic heterocycles. The van der Waals surface area contributed by atoms with Crippen LogP contribution in [0.4, 0.5) is 11.5 Å². The molecule has 16 heavy (non-hydrogen) atoms. The molecule has 0 spiro atoms. The maximum atomic E-state index is 5.74. The highest BCUT2D eigenvalue weighted by molar-refractivity contribution is 5.52. The molecule has 3 nitrogen and oxygen atoms in total. The van der Waals surface area contributed by atoms with Gasteiger partial charge in [-0.3, -0.25) is 0 Å². The fourth-order valence-corrected chi connectivity index (χ4v) is 2.66. The Morgan fingerprint density at radius 1 is 1.38 bits per heavy atom. The van der Waals surface area contributed by atoms with Crippen LogP contribution in [-0.4, -0.2) is 17.6 Å². The molecule has 1 saturated carbocycles. The second-order valence-corrected chi connectivity index (χ2v) is 4.52. The third-order valence-corrected chi connectivity index (χ3v) is 3.45. The Balaban J connectivity index is 2.14. The SMILES string of the molecule is CCN(c1ccnc(N)c1)C1CCCCC1. The van der Waals surface area contributed by atoms with Crippen LogP contribution < -0.4 is 10.6 Å². The van der Waals surface area contributed by atoms with Gasteiger partial charge in [-0.1, -0.05) is 19.3 Å². The van der Waals surface area contributed by atoms with Crippen LogP contribution >= 0.6 is 0 Å². The highest BCUT2D eigenvalue weighted by Crippen LogP contribution is 2.27. The van der Waals surface area contributed by atoms with Crippen molar-refractivity contribution in [2.24, 2.45) is 0 Å². The number of pyridine rings is 1. The average Bonchev–Trinajstić information content (AvgIpc) is 2.31. The lowest BCUT2D eigenvalue weighted by molar-refractivity contribution is 0.418. The number of nitrogen functional groups attached to an aromatic ring is 1. The zero-order valence-corrected chi connectivity index (χ0v) is 10.0. The molecule has 2 N–H and O–H groups in total. The van der Waals surface area contributed by atoms with Crippen molar-refractivity contribution in [2.75, 3.05) is 17.2 Å². The minimum absolute atomic E-state index is 0.617. The van der Waals surface area contributed by atoms with Crippen molar-refractivity contribution in [1.29, 1.82) is 0 Å². The van der Waals surface area contributed by atoms with Gasteiger partial charge >= 0.3 is 0 Å². The minimum Gasteiger partial charge on any atom is -0.384 e. The maximum Gasteiger partial charge on any atom is 0.125 e. The molecule has 0 atom stereocenters. The lowest BCUT2D eigenvalue weighted by atomic mass is 9.94. The molecule has 1 aliphatic rings. The van der Waals surface area contributed by atoms with Crippen molar-refractivity contribution in [1.82, 2.24) is 4.98 Å². The maximum absolute atomic E-state index is 5.74. The molecule has 0 amide bonds. The Kier molecular flexibility index (Phi) is 3.65. The fraction of sp³-hybridized carbons (Fsp3) is 0.615. The molecular formula is C13H21N3. The van der Waals surface area contributed by atoms with Gasteiger partial charge in [-0.05, 0) is 25.8 Å². The molecule has 1 heterocycles. The lowest BCUT2D eigenvalue weighted by Gasteiger charge is -2.35. The summed E-state index contributed by atoms with van der Waals surface area (Å²) in [4.78, 5) is 6.52. The first-order valence-electron chi connectivity index (χ1n) is 6.29. The summed E-state index contributed by atoms with van der Waals surface area (Å²) in [7, 11) is 0. The smallest absolute Gasteiger partial charge is 0.125 e. The Morgan fingerprint density at radius 3 is 2.75 bits per heavy atom. The molecule has 1 aliphatic carbocycles. The van der Waals surface area contributed by atoms with Gasteiger partial charge < -0.3 is 10.6 Å². The number of nitrogens with two attached hydrogens (primary N) is 1. The molecule has 0 saturated heterocycles. The summed E-state index contributed by atoms with van der Waals surface area (Å²) in [5, 5.41) is 0. The Bertz CT molecular complexity index is 332. The predicted octanol–water partition coefficient (Wildman–Crippen LogP) is 2.82. The van der Waals surface area contributed by atoms with E-state index in [4.69, 9.17) is 5.73 Å². The number of hydrogen-bond donors (Lipinski definition) is 1. The van der Waals surface area contributed by atoms with Crippen LogP contribution in [0.25, 0.3) is 0 Å². The quantitative estimate of drug-likeness (QED) is 0.850. The summed E-state index contributed by atoms with van der Waals surface area (Å²) in [6, 6.07) is 4.74. The van der Waals surface area contributed by atoms with Gasteiger partial charge in [-0.25, -0.2) is 4.98 Å². The van der Waals surface area contributed by atoms with E-state index in [1.165, 1.54) is 37.8 Å². The normalized spacial score (nSPS) is 17.3. The van der Waals surface area contributed by atoms with Gasteiger partial charge in [-0.15, -0.1) is 0 Å². The van der Waals surface area contributed by atoms with Crippen LogP contribution in [-0.2, 0) is 0 Å². The molecular weight excluding hydrogens is 198 g/mol. The summed E-state index contributed by atoms with van der Waals surface area (Å²) in [6.07, 6.45) is 8.55. The van der Waals surface area contributed by atoms with Crippen molar-refractivity contribution < 1.29 is 0 Å². The molecule has 1 fully saturated rings. The Hall–Kier alpha value is -1.25. The van der Waals surface area contributed by atoms with Crippen LogP contribution in [0.15, 0.2) is 18.3 Å². The standard InChI is InChI=1S/C13H21N3/c1-2-16(11-6-4-3-5-7-11)12-8-9-15-13(14)10-12/h8-11H,2-7H2,1H3,(H2,14,15). The monoisotopic (exact) mass is 219 g/mol. The summed E-state index contributed by atoms with van der Waals surface area (Å²) < 4.78 is 0. The van der Waals surface area contributed by atoms with Crippen LogP contribution in [0.1, 0.15) is 39.0 Å². The van der Waals surface area contributed by atoms with Gasteiger partial charge in [0, 0.05) is 30.5 Å². The molecule has 0 unspecified atom stereocenters. The van der Waals surface area contributed by atoms with Gasteiger partial charge in [-0.2, -0.15) is 0 Å². The first kappa shape index (κ1) is 11.2. The number of hydrogen-bond acceptors (Lipinski definition) is 3. The van der Waals surface area contributed by atoms with E-state index in [2.05, 4.69) is 22.9 Å². The largest absolute Gasteiger partial charge is 0.384 e. The second-order valence-electron chi connectivity index (χ2n) is 4.52. The van der Waals surface area contributed by atoms with E-state index >= 15 is 0 Å². The number of rotatable bonds is 3. The third-order valence-electron chi connectivity index (χ3n) is 3.45. The van der Waals surface area contributed by atoms with Crippen molar-refractivity contribution in [3.8, 4) is 0 Å². The van der Waals surface area contributed by atoms with Crippen LogP contribution in [0.2, 0.25) is 0 Å². The number of anilines is 2. The van der Waals surface area contributed by atoms with E-state index in [9.17, 15) is 0 Å². The van der Waals surface area contributed by atoms with E-state index < -0.39 is 0 Å². The Morgan fingerprint density at radius 2 is 2.12 bits per heavy atom. The summed E-state index contributed by atoms with van der Waals surface area (Å²) in [5.74, 6) is 0.617. The van der Waals surface area contributed by atoms with Crippen molar-refractivity contribution >= 4 is 11.5 Å². The van der Waals surface area contributed by atoms with Gasteiger partial charge in [0.2, 0.25) is 0 Å². The van der Waals surface area contributed by atoms with E-state index in [0.29, 0.717) is 11.9 Å². The summed E-state index contributed by atoms with van der Waals surface area (Å²) in [6.45, 7) is 3.26. The van der Waals surface area contributed by atoms with Gasteiger partial charge in [0.25, 0.3) is 0 Å². The van der Waals surface area contributed by atoms with E-state index in [-0.39, 0.29) is 0 Å². The molecule has 0 bridgehead atoms. The van der Waals surface area contributed by atoms with E-state index in [1.54, 1.807) is 6.20 Å². The summed E-state index contributed by atoms with van der Waals surface area (Å²) in [5.41, 5.74) is 6.97. The van der Waals surface area contributed by atoms with Crippen molar-refractivity contribution in [3.63, 3.8) is 0 Å². The van der Waals surface area contributed by atoms with E-state index in [1.807, 2.05) is 6.07 Å². The lowest BCUT2D eigenvalue weighted by Crippen LogP contribution is -2.36. The number of nitrogens with zero attached hydrogens (tertiary/aromatic N) is 2. The first-order chi connectivity index (χ1) is 7.81. The Labute approximate surface area is 97.7 Å². The van der Waals surface area contributed by atoms with Crippen LogP contribution in [0, 0.1) is 0 Å². The van der Waals surface area contributed by atoms with Gasteiger partial charge in [0.05, 0.1) is 0 Å². The molecule has 1 aromatic rings. The average molecular weight is 219 g/mol. The number of aromatic nitrogens is 1. The van der Waals surface area contributed by atoms with Gasteiger partial charge in [0.15, 0.2) is 0 Å². The molecule has 0 radical (unpaired) electrons. The van der Waals surface area contributed by atoms with Crippen LogP contribution in [0.5, 0.6) is 0 Å². The molecule has 2 rings (SSSR count). The third kappa shape index (κ3) is 2.46. The zero-order valence-electron chi connectivity index (χ0n) is 10.0. The van der Waals surface area contributed by atoms with Crippen LogP contribution in [0.3, 0.4) is 0 Å². The fourth-order valence-electron chi connectivity index (χ4n) is 2.66. The van der Waals surface area contributed by atoms with E-state index in [0.717, 1.165) is 6.54 Å². The first-order valence-corrected chi connectivity index (χ1v) is 6.29. The molecule has 88 valence electrons.